The maximum atomic E-state index is 15.3. The van der Waals surface area contributed by atoms with Crippen LogP contribution in [0.5, 0.6) is 0 Å². The number of aromatic nitrogens is 3. The second kappa shape index (κ2) is 36.9. The minimum Gasteiger partial charge on any atom is -0.370 e. The molecule has 0 saturated carbocycles. The number of guanidine groups is 4. The summed E-state index contributed by atoms with van der Waals surface area (Å²) in [4.78, 5) is 154. The molecule has 97 heavy (non-hydrogen) atoms. The molecule has 6 rings (SSSR count). The Morgan fingerprint density at radius 1 is 0.351 bits per heavy atom. The summed E-state index contributed by atoms with van der Waals surface area (Å²) in [5.41, 5.74) is 60.3. The summed E-state index contributed by atoms with van der Waals surface area (Å²) in [5.74, 6) is -8.17. The van der Waals surface area contributed by atoms with Crippen LogP contribution in [0.15, 0.2) is 111 Å². The first-order valence-electron chi connectivity index (χ1n) is 31.6. The van der Waals surface area contributed by atoms with Gasteiger partial charge in [0.25, 0.3) is 0 Å². The van der Waals surface area contributed by atoms with Crippen molar-refractivity contribution < 1.29 is 43.2 Å². The molecule has 6 aromatic rings. The third-order valence-corrected chi connectivity index (χ3v) is 15.8. The first kappa shape index (κ1) is 74.6. The molecular weight excluding hydrogens is 1250 g/mol. The summed E-state index contributed by atoms with van der Waals surface area (Å²) in [5, 5.41) is 23.9. The number of fused-ring (bicyclic) bond motifs is 3. The number of nitrogens with one attached hydrogen (secondary N) is 11. The summed E-state index contributed by atoms with van der Waals surface area (Å²) in [6, 6.07) is 9.77. The molecule has 3 aromatic carbocycles. The molecule has 3 heterocycles. The fourth-order valence-electron chi connectivity index (χ4n) is 10.6. The van der Waals surface area contributed by atoms with E-state index in [1.54, 1.807) is 36.8 Å². The van der Waals surface area contributed by atoms with Gasteiger partial charge in [-0.25, -0.2) is 0 Å². The van der Waals surface area contributed by atoms with Crippen LogP contribution in [0.1, 0.15) is 81.9 Å². The van der Waals surface area contributed by atoms with Gasteiger partial charge in [0.15, 0.2) is 23.8 Å². The number of H-pyrrole nitrogens is 3. The lowest BCUT2D eigenvalue weighted by Gasteiger charge is -2.28. The third kappa shape index (κ3) is 23.5. The summed E-state index contributed by atoms with van der Waals surface area (Å²) >= 11 is 0. The fourth-order valence-corrected chi connectivity index (χ4v) is 10.6. The third-order valence-electron chi connectivity index (χ3n) is 15.8. The van der Waals surface area contributed by atoms with E-state index >= 15 is 9.59 Å². The van der Waals surface area contributed by atoms with Crippen molar-refractivity contribution in [3.05, 3.63) is 108 Å². The minimum absolute atomic E-state index is 0.00801. The molecule has 0 aliphatic carbocycles. The highest BCUT2D eigenvalue weighted by Crippen LogP contribution is 2.23. The van der Waals surface area contributed by atoms with E-state index in [9.17, 15) is 33.6 Å². The average Bonchev–Trinajstić information content (AvgIpc) is 1.73. The van der Waals surface area contributed by atoms with Crippen LogP contribution >= 0.6 is 0 Å². The van der Waals surface area contributed by atoms with Gasteiger partial charge in [-0.1, -0.05) is 54.6 Å². The van der Waals surface area contributed by atoms with Crippen molar-refractivity contribution in [3.8, 4) is 0 Å². The summed E-state index contributed by atoms with van der Waals surface area (Å²) < 4.78 is 0. The van der Waals surface area contributed by atoms with E-state index in [0.29, 0.717) is 39.4 Å². The smallest absolute Gasteiger partial charge is 0.243 e. The van der Waals surface area contributed by atoms with Crippen LogP contribution in [-0.4, -0.2) is 173 Å². The molecule has 0 radical (unpaired) electrons. The molecule has 3 aromatic heterocycles. The van der Waals surface area contributed by atoms with Crippen LogP contribution in [0.4, 0.5) is 0 Å². The number of aromatic amines is 3. The number of primary amides is 1. The molecule has 0 spiro atoms. The molecule has 9 atom stereocenters. The van der Waals surface area contributed by atoms with E-state index < -0.39 is 108 Å². The number of aliphatic imine (C=N–C) groups is 4. The highest BCUT2D eigenvalue weighted by molar-refractivity contribution is 5.99. The Labute approximate surface area is 558 Å². The highest BCUT2D eigenvalue weighted by atomic mass is 16.2. The van der Waals surface area contributed by atoms with Crippen LogP contribution in [-0.2, 0) is 62.4 Å². The summed E-state index contributed by atoms with van der Waals surface area (Å²) in [6.07, 6.45) is 5.26. The van der Waals surface area contributed by atoms with Gasteiger partial charge in [-0.2, -0.15) is 0 Å². The van der Waals surface area contributed by atoms with Crippen molar-refractivity contribution in [2.75, 3.05) is 26.2 Å². The van der Waals surface area contributed by atoms with Crippen molar-refractivity contribution in [1.29, 1.82) is 0 Å². The van der Waals surface area contributed by atoms with Crippen molar-refractivity contribution in [3.63, 3.8) is 0 Å². The Balaban J connectivity index is 1.30. The normalized spacial score (nSPS) is 13.9. The van der Waals surface area contributed by atoms with E-state index in [2.05, 4.69) is 77.5 Å². The number of nitrogens with two attached hydrogens (primary N) is 10. The van der Waals surface area contributed by atoms with E-state index in [1.807, 2.05) is 54.6 Å². The van der Waals surface area contributed by atoms with Crippen molar-refractivity contribution >= 4 is 110 Å². The molecule has 0 fully saturated rings. The quantitative estimate of drug-likeness (QED) is 0.00997. The minimum atomic E-state index is -1.51. The van der Waals surface area contributed by atoms with Gasteiger partial charge in [0.2, 0.25) is 53.2 Å². The monoisotopic (exact) mass is 1340 g/mol. The van der Waals surface area contributed by atoms with E-state index in [4.69, 9.17) is 57.3 Å². The van der Waals surface area contributed by atoms with Crippen molar-refractivity contribution in [2.45, 2.75) is 139 Å². The number of benzene rings is 3. The molecule has 0 aliphatic rings. The predicted molar refractivity (Wildman–Crippen MR) is 370 cm³/mol. The number of carbonyl (C=O) groups excluding carboxylic acids is 9. The molecule has 0 saturated heterocycles. The van der Waals surface area contributed by atoms with Crippen molar-refractivity contribution in [1.82, 2.24) is 57.5 Å². The largest absolute Gasteiger partial charge is 0.370 e. The number of amides is 9. The Morgan fingerprint density at radius 2 is 0.619 bits per heavy atom. The zero-order valence-corrected chi connectivity index (χ0v) is 54.2. The lowest BCUT2D eigenvalue weighted by atomic mass is 10.0. The van der Waals surface area contributed by atoms with Crippen LogP contribution in [0.2, 0.25) is 0 Å². The Morgan fingerprint density at radius 3 is 0.959 bits per heavy atom. The van der Waals surface area contributed by atoms with E-state index in [0.717, 1.165) is 16.4 Å². The molecule has 34 heteroatoms. The first-order valence-corrected chi connectivity index (χ1v) is 31.6. The van der Waals surface area contributed by atoms with Crippen LogP contribution < -0.4 is 99.9 Å². The van der Waals surface area contributed by atoms with Gasteiger partial charge in [0, 0.05) is 96.7 Å². The first-order chi connectivity index (χ1) is 46.3. The van der Waals surface area contributed by atoms with Gasteiger partial charge in [-0.15, -0.1) is 0 Å². The predicted octanol–water partition coefficient (Wildman–Crippen LogP) is -3.90. The zero-order chi connectivity index (χ0) is 70.7. The van der Waals surface area contributed by atoms with Crippen LogP contribution in [0, 0.1) is 0 Å². The molecule has 0 unspecified atom stereocenters. The van der Waals surface area contributed by atoms with Gasteiger partial charge in [0.1, 0.15) is 48.3 Å². The maximum absolute atomic E-state index is 15.3. The number of hydrogen-bond donors (Lipinski definition) is 21. The standard InChI is InChI=1S/C63H91N25O9/c1-33(51(65)89)81-54(92)45(20-10-24-75-61(68)69)85-58(96)49(28-36-31-79-43-18-7-4-14-39(36)43)88-59(97)50(29-37-32-80-44-19-8-5-15-40(37)44)87-56(94)47(22-12-26-77-63(72)73)84-55(93)46(21-11-25-76-62(70)71)83-52(90)34(2)82-57(95)48(27-35-30-78-42-17-6-3-13-38(35)42)86-53(91)41(64)16-9-23-74-60(66)67/h3-8,13-15,17-19,30-34,41,45-50,78-80H,9-12,16,20-29,64H2,1-2H3,(H2,65,89)(H,81,92)(H,82,95)(H,83,90)(H,84,93)(H,85,96)(H,86,91)(H,87,94)(H,88,97)(H4,66,67,74)(H4,68,69,75)(H4,70,71,76)(H4,72,73,77)/t33-,34-,41-,45-,46-,47-,48-,49-,50-/m0/s1. The van der Waals surface area contributed by atoms with Gasteiger partial charge >= 0.3 is 0 Å². The topological polar surface area (TPSA) is 607 Å². The maximum Gasteiger partial charge on any atom is 0.243 e. The lowest BCUT2D eigenvalue weighted by molar-refractivity contribution is -0.136. The number of hydrogen-bond acceptors (Lipinski definition) is 14. The molecule has 31 N–H and O–H groups in total. The second-order valence-corrected chi connectivity index (χ2v) is 23.3. The fraction of sp³-hybridized carbons (Fsp3) is 0.413. The SMILES string of the molecule is C[C@H](NC(=O)[C@H](CCCN=C(N)N)NC(=O)[C@H](Cc1c[nH]c2ccccc12)NC(=O)[C@H](Cc1c[nH]c2ccccc12)NC(=O)[C@H](CCCN=C(N)N)NC(=O)[C@H](CCCN=C(N)N)NC(=O)[C@H](C)NC(=O)[C@H](Cc1c[nH]c2ccccc12)NC(=O)[C@@H](N)CCCN=C(N)N)C(N)=O. The van der Waals surface area contributed by atoms with Crippen LogP contribution in [0.3, 0.4) is 0 Å². The second-order valence-electron chi connectivity index (χ2n) is 23.3. The van der Waals surface area contributed by atoms with Crippen LogP contribution in [0.25, 0.3) is 32.7 Å². The van der Waals surface area contributed by atoms with E-state index in [-0.39, 0.29) is 114 Å². The zero-order valence-electron chi connectivity index (χ0n) is 54.2. The number of nitrogens with zero attached hydrogens (tertiary/aromatic N) is 4. The number of carbonyl (C=O) groups is 9. The lowest BCUT2D eigenvalue weighted by Crippen LogP contribution is -2.60. The summed E-state index contributed by atoms with van der Waals surface area (Å²) in [7, 11) is 0. The molecule has 0 aliphatic heterocycles. The van der Waals surface area contributed by atoms with Gasteiger partial charge in [0.05, 0.1) is 6.04 Å². The van der Waals surface area contributed by atoms with E-state index in [1.165, 1.54) is 13.8 Å². The summed E-state index contributed by atoms with van der Waals surface area (Å²) in [6.45, 7) is 3.02. The number of rotatable bonds is 39. The molecule has 522 valence electrons. The Kier molecular flexibility index (Phi) is 28.3. The highest BCUT2D eigenvalue weighted by Gasteiger charge is 2.35. The van der Waals surface area contributed by atoms with Gasteiger partial charge < -0.3 is 115 Å². The Hall–Kier alpha value is -11.5. The molecule has 9 amide bonds. The van der Waals surface area contributed by atoms with Gasteiger partial charge in [-0.05, 0) is 100 Å². The average molecular weight is 1340 g/mol. The molecule has 0 bridgehead atoms. The molecular formula is C63H91N25O9. The van der Waals surface area contributed by atoms with Gasteiger partial charge in [-0.3, -0.25) is 63.1 Å². The number of para-hydroxylation sites is 3. The Bertz CT molecular complexity index is 3820. The van der Waals surface area contributed by atoms with Crippen molar-refractivity contribution in [2.24, 2.45) is 77.3 Å². The molecule has 34 nitrogen and oxygen atoms in total.